The molecule has 2 aromatic heterocycles. The van der Waals surface area contributed by atoms with E-state index in [9.17, 15) is 19.2 Å². The summed E-state index contributed by atoms with van der Waals surface area (Å²) in [6, 6.07) is 42.5. The smallest absolute Gasteiger partial charge is 1.00 e. The van der Waals surface area contributed by atoms with Crippen LogP contribution in [0.15, 0.2) is 159 Å². The van der Waals surface area contributed by atoms with Crippen molar-refractivity contribution in [3.05, 3.63) is 173 Å². The molecule has 8 amide bonds. The second kappa shape index (κ2) is 39.2. The standard InChI is InChI=1S/C19H25N3O3Si.C16H17N3O3.C14H16ClN3O3.C14H17N3O3.C5H10Si.3CH4.Cs.FH/c1-26(2,3)18-11-16(20-25-18)17-10-9-15-12-21(17)19(23)22(15)24-13-14-7-5-4-6-8-14;20-16-18-10-13(6-7-15(18)14-8-9-21-17-14)19(16)22-11-12-4-2-1-3-5-12;15-13(16-20)12-7-6-11-8-17(12)14(19)18(11)21-9-10-4-2-1-3-5-10;18-14-16-9-13(7-6-12(16)8-15-19)17(14)20-10-11-4-2-1-3-5-11;1-5-6(2,3)4;;;;;/h4-8,11,15,17H,9-10,12-13H2,1-3H3;1-5,8-9,13,15H,6-7,10-11H2;1-5,11-12,20H,6-9H2;1-5,8,12-13,19H,6-7,9-10H2;1H,2-4H3;3*1H4;;1H/q;;;;;;;;+1;/p-1/b;;16-13-;15-8+;;;;;;/t15-,17+;13-,15+;11-,12+;12-,13+;;;;;;/m1110....../s1. The van der Waals surface area contributed by atoms with Crippen LogP contribution in [0.2, 0.25) is 39.3 Å². The summed E-state index contributed by atoms with van der Waals surface area (Å²) >= 11 is 5.87. The minimum atomic E-state index is -1.55. The Labute approximate surface area is 653 Å². The van der Waals surface area contributed by atoms with Crippen LogP contribution in [0.25, 0.3) is 0 Å². The number of piperidine rings is 4. The molecule has 2 N–H and O–H groups in total. The van der Waals surface area contributed by atoms with Crippen LogP contribution >= 0.6 is 11.6 Å². The molecule has 6 aromatic rings. The van der Waals surface area contributed by atoms with E-state index in [4.69, 9.17) is 56.8 Å². The molecule has 8 fully saturated rings. The number of hydroxylamine groups is 8. The van der Waals surface area contributed by atoms with E-state index in [0.29, 0.717) is 59.0 Å². The first kappa shape index (κ1) is 84.1. The molecule has 0 spiro atoms. The summed E-state index contributed by atoms with van der Waals surface area (Å²) in [4.78, 5) is 80.1. The maximum atomic E-state index is 12.9. The molecule has 8 aliphatic rings. The average molecular weight is 1550 g/mol. The Kier molecular flexibility index (Phi) is 32.9. The number of oxime groups is 2. The van der Waals surface area contributed by atoms with Gasteiger partial charge in [0.2, 0.25) is 0 Å². The average Bonchev–Trinajstić information content (AvgIpc) is 1.65. The fraction of sp³-hybridized carbons (Fsp3) is 0.465. The molecule has 100 heavy (non-hydrogen) atoms. The van der Waals surface area contributed by atoms with Gasteiger partial charge in [-0.25, -0.2) is 19.2 Å². The van der Waals surface area contributed by atoms with Gasteiger partial charge in [-0.15, -0.1) is 12.0 Å². The molecule has 0 saturated carbocycles. The minimum Gasteiger partial charge on any atom is -1.00 e. The fourth-order valence-corrected chi connectivity index (χ4v) is 13.6. The number of hydrogen-bond acceptors (Lipinski definition) is 16. The Hall–Kier alpha value is -6.57. The first-order valence-corrected chi connectivity index (χ1v) is 39.7. The molecule has 29 heteroatoms. The molecular weight excluding hydrogens is 1460 g/mol. The van der Waals surface area contributed by atoms with Gasteiger partial charge in [0.1, 0.15) is 65.6 Å². The maximum Gasteiger partial charge on any atom is 1.00 e. The minimum absolute atomic E-state index is 0. The summed E-state index contributed by atoms with van der Waals surface area (Å²) in [5, 5.41) is 38.8. The predicted octanol–water partition coefficient (Wildman–Crippen LogP) is 7.71. The zero-order valence-corrected chi connectivity index (χ0v) is 65.0. The van der Waals surface area contributed by atoms with E-state index < -0.39 is 16.1 Å². The summed E-state index contributed by atoms with van der Waals surface area (Å²) in [7, 11) is -2.65. The van der Waals surface area contributed by atoms with Crippen molar-refractivity contribution >= 4 is 68.6 Å². The molecular formula is C71H97ClCsFN12O12Si2. The number of fused-ring (bicyclic) bond motifs is 8. The van der Waals surface area contributed by atoms with Crippen LogP contribution < -0.4 is 79.0 Å². The van der Waals surface area contributed by atoms with Gasteiger partial charge in [-0.05, 0) is 73.6 Å². The van der Waals surface area contributed by atoms with Crippen molar-refractivity contribution in [2.45, 2.75) is 188 Å². The van der Waals surface area contributed by atoms with Gasteiger partial charge in [0.25, 0.3) is 0 Å². The molecule has 0 aliphatic carbocycles. The van der Waals surface area contributed by atoms with Gasteiger partial charge < -0.3 is 43.8 Å². The van der Waals surface area contributed by atoms with Crippen molar-refractivity contribution < 1.29 is 132 Å². The molecule has 4 aromatic carbocycles. The third-order valence-electron chi connectivity index (χ3n) is 17.6. The summed E-state index contributed by atoms with van der Waals surface area (Å²) < 4.78 is 10.5. The normalized spacial score (nSPS) is 22.4. The number of urea groups is 4. The number of terminal acetylenes is 1. The summed E-state index contributed by atoms with van der Waals surface area (Å²) in [5.74, 6) is 0. The molecule has 0 radical (unpaired) electrons. The zero-order valence-electron chi connectivity index (χ0n) is 56.0. The summed E-state index contributed by atoms with van der Waals surface area (Å²) in [6.45, 7) is 17.2. The number of rotatable bonds is 17. The Morgan fingerprint density at radius 1 is 0.550 bits per heavy atom. The van der Waals surface area contributed by atoms with Crippen LogP contribution in [-0.4, -0.2) is 175 Å². The van der Waals surface area contributed by atoms with Crippen LogP contribution in [0.5, 0.6) is 0 Å². The molecule has 8 saturated heterocycles. The fourth-order valence-electron chi connectivity index (χ4n) is 12.4. The van der Waals surface area contributed by atoms with E-state index in [-0.39, 0.29) is 174 Å². The molecule has 14 rings (SSSR count). The number of carbonyl (C=O) groups is 4. The molecule has 8 bridgehead atoms. The topological polar surface area (TPSA) is 248 Å². The summed E-state index contributed by atoms with van der Waals surface area (Å²) in [6.07, 6.45) is 14.8. The molecule has 0 unspecified atom stereocenters. The van der Waals surface area contributed by atoms with Crippen molar-refractivity contribution in [2.24, 2.45) is 10.3 Å². The Morgan fingerprint density at radius 3 is 1.27 bits per heavy atom. The first-order valence-electron chi connectivity index (χ1n) is 32.3. The van der Waals surface area contributed by atoms with Crippen molar-refractivity contribution in [1.82, 2.24) is 50.2 Å². The molecule has 10 heterocycles. The van der Waals surface area contributed by atoms with Crippen molar-refractivity contribution in [3.63, 3.8) is 0 Å². The van der Waals surface area contributed by atoms with Gasteiger partial charge in [-0.2, -0.15) is 20.3 Å². The van der Waals surface area contributed by atoms with E-state index >= 15 is 0 Å². The number of aromatic nitrogens is 2. The molecule has 8 aliphatic heterocycles. The quantitative estimate of drug-likeness (QED) is 0.0292. The van der Waals surface area contributed by atoms with E-state index in [1.807, 2.05) is 137 Å². The number of benzene rings is 4. The van der Waals surface area contributed by atoms with Gasteiger partial charge >= 0.3 is 93.0 Å². The Morgan fingerprint density at radius 2 is 0.910 bits per heavy atom. The predicted molar refractivity (Wildman–Crippen MR) is 380 cm³/mol. The first-order chi connectivity index (χ1) is 45.8. The van der Waals surface area contributed by atoms with E-state index in [1.165, 1.54) is 21.4 Å². The van der Waals surface area contributed by atoms with Gasteiger partial charge in [0.05, 0.1) is 54.5 Å². The third-order valence-corrected chi connectivity index (χ3v) is 20.5. The van der Waals surface area contributed by atoms with Crippen LogP contribution in [-0.2, 0) is 45.8 Å². The van der Waals surface area contributed by atoms with Gasteiger partial charge in [-0.3, -0.25) is 19.4 Å². The molecule has 8 atom stereocenters. The van der Waals surface area contributed by atoms with Crippen molar-refractivity contribution in [1.29, 1.82) is 0 Å². The Bertz CT molecular complexity index is 3600. The SMILES string of the molecule is C.C.C.C#C[Si](C)(C)C.C[Si](C)(C)c1cc([C@@H]2CC[C@@H]3CN2C(=O)N3OCc2ccccc2)no1.O=C1N2C[C@@H](CC[C@H]2/C(Cl)=N/O)N1OCc1ccccc1.O=C1N2C[C@@H](CC[C@H]2/C=N/O)N1OCc1ccccc1.O=C1N2C[C@@H](CC[C@H]2c2ccon2)N1OCc1ccccc1.[Cs+].[F-]. The number of nitrogens with zero attached hydrogens (tertiary/aromatic N) is 12. The van der Waals surface area contributed by atoms with Crippen LogP contribution in [0, 0.1) is 12.0 Å². The van der Waals surface area contributed by atoms with Crippen LogP contribution in [0.4, 0.5) is 19.2 Å². The van der Waals surface area contributed by atoms with Crippen molar-refractivity contribution in [2.75, 3.05) is 26.2 Å². The maximum absolute atomic E-state index is 12.9. The van der Waals surface area contributed by atoms with E-state index in [0.717, 1.165) is 84.0 Å². The Balaban J connectivity index is 0.000000231. The van der Waals surface area contributed by atoms with Gasteiger partial charge in [0.15, 0.2) is 5.17 Å². The number of carbonyl (C=O) groups excluding carboxylic acids is 4. The second-order valence-corrected chi connectivity index (χ2v) is 36.7. The number of amides is 8. The van der Waals surface area contributed by atoms with Crippen LogP contribution in [0.3, 0.4) is 0 Å². The largest absolute Gasteiger partial charge is 1.00 e. The molecule has 24 nitrogen and oxygen atoms in total. The van der Waals surface area contributed by atoms with Crippen LogP contribution in [0.1, 0.15) is 119 Å². The van der Waals surface area contributed by atoms with E-state index in [1.54, 1.807) is 21.1 Å². The van der Waals surface area contributed by atoms with Crippen molar-refractivity contribution in [3.8, 4) is 12.0 Å². The number of hydrogen-bond donors (Lipinski definition) is 2. The van der Waals surface area contributed by atoms with Gasteiger partial charge in [0, 0.05) is 38.3 Å². The zero-order chi connectivity index (χ0) is 67.2. The van der Waals surface area contributed by atoms with E-state index in [2.05, 4.69) is 71.5 Å². The monoisotopic (exact) mass is 1550 g/mol. The second-order valence-electron chi connectivity index (χ2n) is 26.5. The third kappa shape index (κ3) is 21.3. The van der Waals surface area contributed by atoms with Gasteiger partial charge in [-0.1, -0.05) is 215 Å². The number of halogens is 2. The molecule has 536 valence electrons. The summed E-state index contributed by atoms with van der Waals surface area (Å²) in [5.41, 5.74) is 8.59.